The third kappa shape index (κ3) is 2.81. The van der Waals surface area contributed by atoms with E-state index in [0.717, 1.165) is 37.7 Å². The maximum atomic E-state index is 12.4. The number of aromatic amines is 1. The molecule has 1 aromatic carbocycles. The Kier molecular flexibility index (Phi) is 4.61. The van der Waals surface area contributed by atoms with Gasteiger partial charge in [0.05, 0.1) is 13.0 Å². The lowest BCUT2D eigenvalue weighted by atomic mass is 9.52. The summed E-state index contributed by atoms with van der Waals surface area (Å²) in [6, 6.07) is 4.11. The molecule has 1 N–H and O–H groups in total. The van der Waals surface area contributed by atoms with E-state index in [1.807, 2.05) is 13.0 Å². The van der Waals surface area contributed by atoms with Gasteiger partial charge in [0, 0.05) is 27.6 Å². The van der Waals surface area contributed by atoms with Gasteiger partial charge in [0.25, 0.3) is 0 Å². The molecule has 4 rings (SSSR count). The van der Waals surface area contributed by atoms with Crippen molar-refractivity contribution in [3.8, 4) is 0 Å². The molecule has 0 saturated heterocycles. The van der Waals surface area contributed by atoms with E-state index in [2.05, 4.69) is 18.0 Å². The van der Waals surface area contributed by atoms with E-state index in [4.69, 9.17) is 4.74 Å². The number of carbonyl (C=O) groups is 2. The zero-order valence-corrected chi connectivity index (χ0v) is 16.6. The molecule has 1 saturated carbocycles. The van der Waals surface area contributed by atoms with Gasteiger partial charge < -0.3 is 9.72 Å². The van der Waals surface area contributed by atoms with E-state index in [1.54, 1.807) is 6.92 Å². The Morgan fingerprint density at radius 1 is 1.26 bits per heavy atom. The van der Waals surface area contributed by atoms with Crippen LogP contribution in [0.2, 0.25) is 0 Å². The van der Waals surface area contributed by atoms with Crippen molar-refractivity contribution >= 4 is 22.7 Å². The highest BCUT2D eigenvalue weighted by molar-refractivity contribution is 6.00. The van der Waals surface area contributed by atoms with Gasteiger partial charge in [-0.25, -0.2) is 0 Å². The number of esters is 1. The second-order valence-corrected chi connectivity index (χ2v) is 8.25. The molecule has 1 aromatic heterocycles. The lowest BCUT2D eigenvalue weighted by Crippen LogP contribution is -2.49. The van der Waals surface area contributed by atoms with Crippen LogP contribution in [0.4, 0.5) is 0 Å². The number of ketones is 1. The van der Waals surface area contributed by atoms with Crippen molar-refractivity contribution < 1.29 is 14.3 Å². The van der Waals surface area contributed by atoms with Crippen LogP contribution in [0.5, 0.6) is 0 Å². The Hall–Kier alpha value is -2.10. The minimum Gasteiger partial charge on any atom is -0.466 e. The van der Waals surface area contributed by atoms with Crippen LogP contribution in [0.3, 0.4) is 0 Å². The fourth-order valence-electron chi connectivity index (χ4n) is 5.33. The van der Waals surface area contributed by atoms with E-state index >= 15 is 0 Å². The van der Waals surface area contributed by atoms with Crippen molar-refractivity contribution in [3.05, 3.63) is 34.5 Å². The molecule has 0 aliphatic heterocycles. The van der Waals surface area contributed by atoms with E-state index in [9.17, 15) is 9.59 Å². The van der Waals surface area contributed by atoms with Crippen LogP contribution in [0, 0.1) is 5.92 Å². The van der Waals surface area contributed by atoms with Crippen molar-refractivity contribution in [1.82, 2.24) is 4.98 Å². The van der Waals surface area contributed by atoms with Crippen molar-refractivity contribution in [2.75, 3.05) is 6.61 Å². The molecule has 144 valence electrons. The molecule has 2 aromatic rings. The summed E-state index contributed by atoms with van der Waals surface area (Å²) in [4.78, 5) is 28.2. The number of hydrogen-bond donors (Lipinski definition) is 1. The number of carbonyl (C=O) groups excluding carboxylic acids is 2. The zero-order valence-electron chi connectivity index (χ0n) is 16.6. The number of fused-ring (bicyclic) bond motifs is 5. The summed E-state index contributed by atoms with van der Waals surface area (Å²) in [6.45, 7) is 6.10. The zero-order chi connectivity index (χ0) is 19.2. The van der Waals surface area contributed by atoms with Gasteiger partial charge in [-0.2, -0.15) is 0 Å². The molecule has 4 nitrogen and oxygen atoms in total. The first kappa shape index (κ1) is 18.3. The Bertz CT molecular complexity index is 910. The first-order chi connectivity index (χ1) is 13.0. The van der Waals surface area contributed by atoms with Crippen LogP contribution in [0.1, 0.15) is 80.1 Å². The smallest absolute Gasteiger partial charge is 0.306 e. The second-order valence-electron chi connectivity index (χ2n) is 8.25. The minimum atomic E-state index is -0.0985. The fraction of sp³-hybridized carbons (Fsp3) is 0.565. The Morgan fingerprint density at radius 2 is 2.07 bits per heavy atom. The van der Waals surface area contributed by atoms with E-state index < -0.39 is 0 Å². The summed E-state index contributed by atoms with van der Waals surface area (Å²) in [5.41, 5.74) is 5.65. The number of benzene rings is 1. The van der Waals surface area contributed by atoms with E-state index in [0.29, 0.717) is 18.9 Å². The molecule has 2 atom stereocenters. The molecule has 0 radical (unpaired) electrons. The molecule has 2 aliphatic carbocycles. The number of aryl methyl sites for hydroxylation is 2. The van der Waals surface area contributed by atoms with E-state index in [-0.39, 0.29) is 17.2 Å². The van der Waals surface area contributed by atoms with Gasteiger partial charge in [0.15, 0.2) is 5.78 Å². The fourth-order valence-corrected chi connectivity index (χ4v) is 5.33. The van der Waals surface area contributed by atoms with Crippen LogP contribution >= 0.6 is 0 Å². The summed E-state index contributed by atoms with van der Waals surface area (Å²) >= 11 is 0. The van der Waals surface area contributed by atoms with Gasteiger partial charge in [0.1, 0.15) is 0 Å². The number of hydrogen-bond acceptors (Lipinski definition) is 3. The average Bonchev–Trinajstić information content (AvgIpc) is 2.98. The van der Waals surface area contributed by atoms with Crippen LogP contribution in [0.25, 0.3) is 10.9 Å². The standard InChI is InChI=1S/C23H29NO3/c1-4-6-15-11-16(14(3)25)12-19-18-8-7-17-9-10-23(17,13-20(26)27-5-2)22(18)24-21(15)19/h11-12,17,24H,4-10,13H2,1-3H3/t17-,23-/m0/s1. The first-order valence-electron chi connectivity index (χ1n) is 10.3. The summed E-state index contributed by atoms with van der Waals surface area (Å²) in [7, 11) is 0. The highest BCUT2D eigenvalue weighted by atomic mass is 16.5. The second kappa shape index (κ2) is 6.81. The third-order valence-electron chi connectivity index (χ3n) is 6.75. The number of rotatable bonds is 6. The van der Waals surface area contributed by atoms with Gasteiger partial charge in [-0.1, -0.05) is 13.3 Å². The summed E-state index contributed by atoms with van der Waals surface area (Å²) < 4.78 is 5.30. The summed E-state index contributed by atoms with van der Waals surface area (Å²) in [5, 5.41) is 1.19. The molecular formula is C23H29NO3. The van der Waals surface area contributed by atoms with Crippen LogP contribution < -0.4 is 0 Å². The van der Waals surface area contributed by atoms with Crippen molar-refractivity contribution in [2.45, 2.75) is 71.1 Å². The molecule has 4 heteroatoms. The topological polar surface area (TPSA) is 59.2 Å². The predicted molar refractivity (Wildman–Crippen MR) is 106 cm³/mol. The predicted octanol–water partition coefficient (Wildman–Crippen LogP) is 4.87. The molecule has 0 amide bonds. The highest BCUT2D eigenvalue weighted by Crippen LogP contribution is 2.57. The molecule has 0 spiro atoms. The summed E-state index contributed by atoms with van der Waals surface area (Å²) in [5.74, 6) is 0.582. The lowest BCUT2D eigenvalue weighted by molar-refractivity contribution is -0.147. The monoisotopic (exact) mass is 367 g/mol. The number of nitrogens with one attached hydrogen (secondary N) is 1. The van der Waals surface area contributed by atoms with Crippen molar-refractivity contribution in [3.63, 3.8) is 0 Å². The van der Waals surface area contributed by atoms with Gasteiger partial charge >= 0.3 is 5.97 Å². The summed E-state index contributed by atoms with van der Waals surface area (Å²) in [6.07, 6.45) is 6.83. The van der Waals surface area contributed by atoms with Gasteiger partial charge in [-0.15, -0.1) is 0 Å². The van der Waals surface area contributed by atoms with Gasteiger partial charge in [0.2, 0.25) is 0 Å². The number of aromatic nitrogens is 1. The van der Waals surface area contributed by atoms with Crippen LogP contribution in [-0.4, -0.2) is 23.3 Å². The maximum absolute atomic E-state index is 12.4. The highest BCUT2D eigenvalue weighted by Gasteiger charge is 2.53. The van der Waals surface area contributed by atoms with Crippen LogP contribution in [-0.2, 0) is 27.8 Å². The Labute approximate surface area is 160 Å². The lowest BCUT2D eigenvalue weighted by Gasteiger charge is -2.52. The number of Topliss-reactive ketones (excluding diaryl/α,β-unsaturated/α-hetero) is 1. The quantitative estimate of drug-likeness (QED) is 0.585. The van der Waals surface area contributed by atoms with Crippen molar-refractivity contribution in [2.24, 2.45) is 5.92 Å². The Balaban J connectivity index is 1.87. The average molecular weight is 367 g/mol. The molecular weight excluding hydrogens is 338 g/mol. The number of ether oxygens (including phenoxy) is 1. The molecule has 2 aliphatic rings. The normalized spacial score (nSPS) is 23.4. The maximum Gasteiger partial charge on any atom is 0.306 e. The molecule has 1 fully saturated rings. The molecule has 0 bridgehead atoms. The molecule has 27 heavy (non-hydrogen) atoms. The molecule has 0 unspecified atom stereocenters. The van der Waals surface area contributed by atoms with Crippen molar-refractivity contribution in [1.29, 1.82) is 0 Å². The molecule has 1 heterocycles. The SMILES string of the molecule is CCCc1cc(C(C)=O)cc2c3c([nH]c12)[C@]1(CC(=O)OCC)CC[C@@H]1CC3. The number of H-pyrrole nitrogens is 1. The first-order valence-corrected chi connectivity index (χ1v) is 10.3. The van der Waals surface area contributed by atoms with E-state index in [1.165, 1.54) is 34.1 Å². The van der Waals surface area contributed by atoms with Crippen LogP contribution in [0.15, 0.2) is 12.1 Å². The Morgan fingerprint density at radius 3 is 2.70 bits per heavy atom. The van der Waals surface area contributed by atoms with Gasteiger partial charge in [-0.3, -0.25) is 9.59 Å². The largest absolute Gasteiger partial charge is 0.466 e. The third-order valence-corrected chi connectivity index (χ3v) is 6.75. The minimum absolute atomic E-state index is 0.0908. The van der Waals surface area contributed by atoms with Gasteiger partial charge in [-0.05, 0) is 75.1 Å².